The number of hydrogen-bond acceptors (Lipinski definition) is 3. The lowest BCUT2D eigenvalue weighted by Crippen LogP contribution is -1.91. The first kappa shape index (κ1) is 13.1. The van der Waals surface area contributed by atoms with Gasteiger partial charge in [-0.25, -0.2) is 4.98 Å². The molecule has 5 heteroatoms. The number of nitrogens with one attached hydrogen (secondary N) is 1. The molecule has 3 aromatic rings. The summed E-state index contributed by atoms with van der Waals surface area (Å²) in [6.45, 7) is 2.08. The van der Waals surface area contributed by atoms with Gasteiger partial charge in [0.15, 0.2) is 5.13 Å². The summed E-state index contributed by atoms with van der Waals surface area (Å²) in [6.07, 6.45) is 0. The highest BCUT2D eigenvalue weighted by molar-refractivity contribution is 9.11. The Bertz CT molecular complexity index is 732. The standard InChI is InChI=1S/C14H10Br2N2S/c1-8-5-6-12-11(7-8)17-14(19-12)18-13-9(15)3-2-4-10(13)16/h2-7H,1H3,(H,17,18). The first-order valence-electron chi connectivity index (χ1n) is 5.72. The summed E-state index contributed by atoms with van der Waals surface area (Å²) < 4.78 is 3.21. The number of aryl methyl sites for hydroxylation is 1. The van der Waals surface area contributed by atoms with E-state index in [0.29, 0.717) is 0 Å². The maximum Gasteiger partial charge on any atom is 0.188 e. The van der Waals surface area contributed by atoms with Gasteiger partial charge < -0.3 is 5.32 Å². The van der Waals surface area contributed by atoms with E-state index in [1.54, 1.807) is 11.3 Å². The number of nitrogens with zero attached hydrogens (tertiary/aromatic N) is 1. The summed E-state index contributed by atoms with van der Waals surface area (Å²) in [5.41, 5.74) is 3.26. The Hall–Kier alpha value is -0.910. The van der Waals surface area contributed by atoms with E-state index in [1.807, 2.05) is 18.2 Å². The molecule has 0 fully saturated rings. The molecule has 0 saturated heterocycles. The van der Waals surface area contributed by atoms with Gasteiger partial charge >= 0.3 is 0 Å². The van der Waals surface area contributed by atoms with Gasteiger partial charge in [-0.3, -0.25) is 0 Å². The lowest BCUT2D eigenvalue weighted by atomic mass is 10.2. The highest BCUT2D eigenvalue weighted by Crippen LogP contribution is 2.35. The van der Waals surface area contributed by atoms with Crippen molar-refractivity contribution in [1.82, 2.24) is 4.98 Å². The number of aromatic nitrogens is 1. The molecule has 96 valence electrons. The summed E-state index contributed by atoms with van der Waals surface area (Å²) in [5, 5.41) is 4.26. The molecule has 0 radical (unpaired) electrons. The first-order valence-corrected chi connectivity index (χ1v) is 8.12. The summed E-state index contributed by atoms with van der Waals surface area (Å²) in [4.78, 5) is 4.62. The number of benzene rings is 2. The molecule has 1 aromatic heterocycles. The Balaban J connectivity index is 2.01. The maximum atomic E-state index is 4.62. The van der Waals surface area contributed by atoms with Crippen molar-refractivity contribution in [3.8, 4) is 0 Å². The monoisotopic (exact) mass is 396 g/mol. The Morgan fingerprint density at radius 2 is 1.84 bits per heavy atom. The molecule has 0 aliphatic carbocycles. The normalized spacial score (nSPS) is 10.9. The van der Waals surface area contributed by atoms with E-state index in [1.165, 1.54) is 10.3 Å². The van der Waals surface area contributed by atoms with Gasteiger partial charge in [0.25, 0.3) is 0 Å². The molecular weight excluding hydrogens is 388 g/mol. The van der Waals surface area contributed by atoms with Crippen molar-refractivity contribution < 1.29 is 0 Å². The number of halogens is 2. The molecule has 0 amide bonds. The predicted octanol–water partition coefficient (Wildman–Crippen LogP) is 5.87. The van der Waals surface area contributed by atoms with Gasteiger partial charge in [0.05, 0.1) is 15.9 Å². The van der Waals surface area contributed by atoms with Crippen molar-refractivity contribution in [3.63, 3.8) is 0 Å². The molecular formula is C14H10Br2N2S. The van der Waals surface area contributed by atoms with Gasteiger partial charge in [0.1, 0.15) is 0 Å². The van der Waals surface area contributed by atoms with Crippen molar-refractivity contribution in [3.05, 3.63) is 50.9 Å². The quantitative estimate of drug-likeness (QED) is 0.584. The number of anilines is 2. The highest BCUT2D eigenvalue weighted by atomic mass is 79.9. The zero-order valence-corrected chi connectivity index (χ0v) is 14.1. The average molecular weight is 398 g/mol. The van der Waals surface area contributed by atoms with Crippen LogP contribution < -0.4 is 5.32 Å². The summed E-state index contributed by atoms with van der Waals surface area (Å²) in [7, 11) is 0. The molecule has 0 bridgehead atoms. The van der Waals surface area contributed by atoms with E-state index in [9.17, 15) is 0 Å². The second-order valence-corrected chi connectivity index (χ2v) is 6.95. The molecule has 2 nitrogen and oxygen atoms in total. The van der Waals surface area contributed by atoms with Crippen molar-refractivity contribution in [2.75, 3.05) is 5.32 Å². The molecule has 2 aromatic carbocycles. The smallest absolute Gasteiger partial charge is 0.188 e. The topological polar surface area (TPSA) is 24.9 Å². The second-order valence-electron chi connectivity index (χ2n) is 4.21. The van der Waals surface area contributed by atoms with Crippen molar-refractivity contribution in [2.45, 2.75) is 6.92 Å². The number of fused-ring (bicyclic) bond motifs is 1. The minimum atomic E-state index is 0.896. The lowest BCUT2D eigenvalue weighted by molar-refractivity contribution is 1.41. The van der Waals surface area contributed by atoms with Crippen molar-refractivity contribution in [1.29, 1.82) is 0 Å². The third-order valence-corrected chi connectivity index (χ3v) is 5.01. The SMILES string of the molecule is Cc1ccc2sc(Nc3c(Br)cccc3Br)nc2c1. The highest BCUT2D eigenvalue weighted by Gasteiger charge is 2.08. The summed E-state index contributed by atoms with van der Waals surface area (Å²) in [5.74, 6) is 0. The van der Waals surface area contributed by atoms with Crippen LogP contribution in [0.5, 0.6) is 0 Å². The van der Waals surface area contributed by atoms with Gasteiger partial charge in [-0.1, -0.05) is 23.5 Å². The molecule has 1 N–H and O–H groups in total. The second kappa shape index (κ2) is 5.23. The van der Waals surface area contributed by atoms with Crippen LogP contribution in [-0.4, -0.2) is 4.98 Å². The Morgan fingerprint density at radius 3 is 2.58 bits per heavy atom. The van der Waals surface area contributed by atoms with Crippen LogP contribution in [0.25, 0.3) is 10.2 Å². The minimum Gasteiger partial charge on any atom is -0.330 e. The lowest BCUT2D eigenvalue weighted by Gasteiger charge is -2.07. The minimum absolute atomic E-state index is 0.896. The van der Waals surface area contributed by atoms with Gasteiger partial charge in [0.2, 0.25) is 0 Å². The Kier molecular flexibility index (Phi) is 3.60. The number of hydrogen-bond donors (Lipinski definition) is 1. The molecule has 0 saturated carbocycles. The zero-order chi connectivity index (χ0) is 13.4. The van der Waals surface area contributed by atoms with Crippen LogP contribution in [0.15, 0.2) is 45.3 Å². The van der Waals surface area contributed by atoms with Crippen molar-refractivity contribution >= 4 is 64.2 Å². The number of para-hydroxylation sites is 1. The molecule has 3 rings (SSSR count). The number of rotatable bonds is 2. The van der Waals surface area contributed by atoms with Gasteiger partial charge in [-0.15, -0.1) is 0 Å². The van der Waals surface area contributed by atoms with E-state index < -0.39 is 0 Å². The first-order chi connectivity index (χ1) is 9.13. The van der Waals surface area contributed by atoms with Crippen LogP contribution in [0.4, 0.5) is 10.8 Å². The number of thiazole rings is 1. The molecule has 0 atom stereocenters. The fourth-order valence-electron chi connectivity index (χ4n) is 1.82. The van der Waals surface area contributed by atoms with E-state index >= 15 is 0 Å². The summed E-state index contributed by atoms with van der Waals surface area (Å²) in [6, 6.07) is 12.3. The molecule has 0 unspecified atom stereocenters. The molecule has 0 aliphatic rings. The average Bonchev–Trinajstić information content (AvgIpc) is 2.75. The molecule has 1 heterocycles. The fraction of sp³-hybridized carbons (Fsp3) is 0.0714. The van der Waals surface area contributed by atoms with Crippen molar-refractivity contribution in [2.24, 2.45) is 0 Å². The van der Waals surface area contributed by atoms with Crippen LogP contribution >= 0.6 is 43.2 Å². The van der Waals surface area contributed by atoms with Crippen LogP contribution in [0.1, 0.15) is 5.56 Å². The predicted molar refractivity (Wildman–Crippen MR) is 89.5 cm³/mol. The van der Waals surface area contributed by atoms with Crippen LogP contribution in [0.3, 0.4) is 0 Å². The zero-order valence-electron chi connectivity index (χ0n) is 10.1. The Labute approximate surface area is 132 Å². The molecule has 0 spiro atoms. The largest absolute Gasteiger partial charge is 0.330 e. The fourth-order valence-corrected chi connectivity index (χ4v) is 3.86. The van der Waals surface area contributed by atoms with E-state index in [0.717, 1.165) is 25.3 Å². The van der Waals surface area contributed by atoms with E-state index in [4.69, 9.17) is 0 Å². The third kappa shape index (κ3) is 2.68. The van der Waals surface area contributed by atoms with Gasteiger partial charge in [-0.2, -0.15) is 0 Å². The van der Waals surface area contributed by atoms with Gasteiger partial charge in [0, 0.05) is 8.95 Å². The van der Waals surface area contributed by atoms with Crippen LogP contribution in [0.2, 0.25) is 0 Å². The Morgan fingerprint density at radius 1 is 1.11 bits per heavy atom. The maximum absolute atomic E-state index is 4.62. The summed E-state index contributed by atoms with van der Waals surface area (Å²) >= 11 is 8.74. The van der Waals surface area contributed by atoms with Gasteiger partial charge in [-0.05, 0) is 68.6 Å². The molecule has 19 heavy (non-hydrogen) atoms. The third-order valence-electron chi connectivity index (χ3n) is 2.74. The molecule has 0 aliphatic heterocycles. The van der Waals surface area contributed by atoms with Crippen LogP contribution in [0, 0.1) is 6.92 Å². The van der Waals surface area contributed by atoms with E-state index in [2.05, 4.69) is 67.3 Å². The van der Waals surface area contributed by atoms with E-state index in [-0.39, 0.29) is 0 Å². The van der Waals surface area contributed by atoms with Crippen LogP contribution in [-0.2, 0) is 0 Å².